The number of rotatable bonds is 4. The van der Waals surface area contributed by atoms with Gasteiger partial charge in [-0.05, 0) is 59.5 Å². The third-order valence-corrected chi connectivity index (χ3v) is 5.90. The molecule has 28 heavy (non-hydrogen) atoms. The van der Waals surface area contributed by atoms with Crippen LogP contribution in [0.3, 0.4) is 0 Å². The lowest BCUT2D eigenvalue weighted by Crippen LogP contribution is -2.48. The first-order valence-electron chi connectivity index (χ1n) is 9.53. The number of pyridine rings is 1. The van der Waals surface area contributed by atoms with Crippen molar-refractivity contribution in [3.63, 3.8) is 0 Å². The number of nitrogens with zero attached hydrogens (tertiary/aromatic N) is 6. The zero-order valence-electron chi connectivity index (χ0n) is 15.3. The van der Waals surface area contributed by atoms with E-state index in [-0.39, 0.29) is 5.82 Å². The largest absolute Gasteiger partial charge is 0.363 e. The third-order valence-electron chi connectivity index (χ3n) is 5.90. The molecule has 6 rings (SSSR count). The van der Waals surface area contributed by atoms with E-state index >= 15 is 0 Å². The van der Waals surface area contributed by atoms with Crippen molar-refractivity contribution in [2.45, 2.75) is 18.9 Å². The van der Waals surface area contributed by atoms with Gasteiger partial charge in [-0.1, -0.05) is 23.4 Å². The van der Waals surface area contributed by atoms with Crippen LogP contribution >= 0.6 is 0 Å². The average molecular weight is 376 g/mol. The van der Waals surface area contributed by atoms with Crippen LogP contribution in [0.25, 0.3) is 22.4 Å². The maximum atomic E-state index is 10.8. The number of nitro groups is 1. The van der Waals surface area contributed by atoms with E-state index in [4.69, 9.17) is 0 Å². The fourth-order valence-corrected chi connectivity index (χ4v) is 4.33. The molecule has 3 aliphatic rings. The SMILES string of the molecule is O=[N+]([O-])c1ccc(-c2cccc(-c3cn([C@H]4CN5CCC4CC5)nn3)c2)cn1. The Hall–Kier alpha value is -3.13. The topological polar surface area (TPSA) is 90.0 Å². The lowest BCUT2D eigenvalue weighted by molar-refractivity contribution is -0.389. The molecule has 1 aromatic carbocycles. The minimum absolute atomic E-state index is 0.152. The Morgan fingerprint density at radius 2 is 1.89 bits per heavy atom. The molecule has 0 unspecified atom stereocenters. The van der Waals surface area contributed by atoms with Gasteiger partial charge in [-0.3, -0.25) is 0 Å². The van der Waals surface area contributed by atoms with Crippen LogP contribution in [0, 0.1) is 16.0 Å². The van der Waals surface area contributed by atoms with Crippen molar-refractivity contribution in [2.24, 2.45) is 5.92 Å². The van der Waals surface area contributed by atoms with Gasteiger partial charge in [0.1, 0.15) is 11.9 Å². The van der Waals surface area contributed by atoms with Gasteiger partial charge in [-0.2, -0.15) is 0 Å². The van der Waals surface area contributed by atoms with Gasteiger partial charge in [0, 0.05) is 23.7 Å². The second-order valence-corrected chi connectivity index (χ2v) is 7.53. The first-order valence-corrected chi connectivity index (χ1v) is 9.53. The van der Waals surface area contributed by atoms with Crippen molar-refractivity contribution in [2.75, 3.05) is 19.6 Å². The number of hydrogen-bond acceptors (Lipinski definition) is 6. The van der Waals surface area contributed by atoms with E-state index in [9.17, 15) is 10.1 Å². The molecule has 3 saturated heterocycles. The molecule has 0 spiro atoms. The fourth-order valence-electron chi connectivity index (χ4n) is 4.33. The molecule has 5 heterocycles. The van der Waals surface area contributed by atoms with Gasteiger partial charge in [0.15, 0.2) is 0 Å². The van der Waals surface area contributed by atoms with Crippen LogP contribution in [0.5, 0.6) is 0 Å². The standard InChI is InChI=1S/C20H20N6O2/c27-26(28)20-5-4-17(11-21-20)15-2-1-3-16(10-15)18-12-25(23-22-18)19-13-24-8-6-14(19)7-9-24/h1-5,10-12,14,19H,6-9,13H2/t19-/m0/s1. The Labute approximate surface area is 162 Å². The van der Waals surface area contributed by atoms with Crippen molar-refractivity contribution in [3.05, 3.63) is 58.9 Å². The second kappa shape index (κ2) is 6.79. The van der Waals surface area contributed by atoms with Crippen molar-refractivity contribution in [3.8, 4) is 22.4 Å². The lowest BCUT2D eigenvalue weighted by Gasteiger charge is -2.44. The molecule has 0 aliphatic carbocycles. The van der Waals surface area contributed by atoms with E-state index in [0.717, 1.165) is 28.9 Å². The third kappa shape index (κ3) is 3.05. The Balaban J connectivity index is 1.41. The molecule has 8 nitrogen and oxygen atoms in total. The van der Waals surface area contributed by atoms with Crippen molar-refractivity contribution in [1.82, 2.24) is 24.9 Å². The molecule has 2 aromatic heterocycles. The summed E-state index contributed by atoms with van der Waals surface area (Å²) in [6, 6.07) is 11.5. The molecule has 0 radical (unpaired) electrons. The smallest absolute Gasteiger partial charge is 0.358 e. The highest BCUT2D eigenvalue weighted by molar-refractivity contribution is 5.70. The van der Waals surface area contributed by atoms with E-state index in [1.165, 1.54) is 38.2 Å². The molecule has 0 N–H and O–H groups in total. The summed E-state index contributed by atoms with van der Waals surface area (Å²) in [5, 5.41) is 19.6. The maximum Gasteiger partial charge on any atom is 0.363 e. The molecule has 0 saturated carbocycles. The van der Waals surface area contributed by atoms with Crippen LogP contribution in [-0.2, 0) is 0 Å². The summed E-state index contributed by atoms with van der Waals surface area (Å²) in [5.74, 6) is 0.539. The average Bonchev–Trinajstić information content (AvgIpc) is 3.25. The van der Waals surface area contributed by atoms with Gasteiger partial charge in [0.05, 0.1) is 12.2 Å². The summed E-state index contributed by atoms with van der Waals surface area (Å²) in [5.41, 5.74) is 3.59. The summed E-state index contributed by atoms with van der Waals surface area (Å²) in [6.07, 6.45) is 6.05. The zero-order valence-corrected chi connectivity index (χ0v) is 15.3. The Morgan fingerprint density at radius 3 is 2.57 bits per heavy atom. The predicted octanol–water partition coefficient (Wildman–Crippen LogP) is 3.18. The summed E-state index contributed by atoms with van der Waals surface area (Å²) >= 11 is 0. The van der Waals surface area contributed by atoms with Gasteiger partial charge < -0.3 is 15.0 Å². The van der Waals surface area contributed by atoms with Crippen LogP contribution in [0.2, 0.25) is 0 Å². The van der Waals surface area contributed by atoms with Crippen LogP contribution in [-0.4, -0.2) is 49.4 Å². The quantitative estimate of drug-likeness (QED) is 0.513. The van der Waals surface area contributed by atoms with Gasteiger partial charge in [-0.25, -0.2) is 4.68 Å². The molecule has 142 valence electrons. The number of aromatic nitrogens is 4. The highest BCUT2D eigenvalue weighted by atomic mass is 16.6. The Bertz CT molecular complexity index is 1010. The van der Waals surface area contributed by atoms with Gasteiger partial charge in [0.2, 0.25) is 0 Å². The van der Waals surface area contributed by atoms with Gasteiger partial charge in [-0.15, -0.1) is 5.10 Å². The fraction of sp³-hybridized carbons (Fsp3) is 0.350. The molecule has 1 atom stereocenters. The summed E-state index contributed by atoms with van der Waals surface area (Å²) < 4.78 is 2.03. The minimum Gasteiger partial charge on any atom is -0.358 e. The minimum atomic E-state index is -0.493. The van der Waals surface area contributed by atoms with Crippen LogP contribution < -0.4 is 0 Å². The van der Waals surface area contributed by atoms with Gasteiger partial charge >= 0.3 is 5.82 Å². The van der Waals surface area contributed by atoms with Crippen molar-refractivity contribution >= 4 is 5.82 Å². The van der Waals surface area contributed by atoms with E-state index < -0.39 is 4.92 Å². The van der Waals surface area contributed by atoms with Gasteiger partial charge in [0.25, 0.3) is 0 Å². The number of fused-ring (bicyclic) bond motifs is 3. The molecular weight excluding hydrogens is 356 g/mol. The lowest BCUT2D eigenvalue weighted by atomic mass is 9.84. The normalized spacial score (nSPS) is 23.6. The number of hydrogen-bond donors (Lipinski definition) is 0. The van der Waals surface area contributed by atoms with E-state index in [0.29, 0.717) is 12.0 Å². The summed E-state index contributed by atoms with van der Waals surface area (Å²) in [7, 11) is 0. The molecule has 3 fully saturated rings. The van der Waals surface area contributed by atoms with Crippen molar-refractivity contribution < 1.29 is 4.92 Å². The Kier molecular flexibility index (Phi) is 4.12. The molecule has 0 amide bonds. The second-order valence-electron chi connectivity index (χ2n) is 7.53. The summed E-state index contributed by atoms with van der Waals surface area (Å²) in [6.45, 7) is 3.46. The number of piperidine rings is 3. The number of benzene rings is 1. The maximum absolute atomic E-state index is 10.8. The first kappa shape index (κ1) is 17.0. The van der Waals surface area contributed by atoms with Crippen LogP contribution in [0.1, 0.15) is 18.9 Å². The molecule has 3 aliphatic heterocycles. The van der Waals surface area contributed by atoms with Crippen molar-refractivity contribution in [1.29, 1.82) is 0 Å². The van der Waals surface area contributed by atoms with E-state index in [2.05, 4.69) is 20.2 Å². The van der Waals surface area contributed by atoms with E-state index in [1.54, 1.807) is 6.07 Å². The molecule has 2 bridgehead atoms. The highest BCUT2D eigenvalue weighted by Gasteiger charge is 2.35. The molecule has 3 aromatic rings. The monoisotopic (exact) mass is 376 g/mol. The Morgan fingerprint density at radius 1 is 1.07 bits per heavy atom. The zero-order chi connectivity index (χ0) is 19.1. The first-order chi connectivity index (χ1) is 13.7. The summed E-state index contributed by atoms with van der Waals surface area (Å²) in [4.78, 5) is 16.7. The molecular formula is C20H20N6O2. The predicted molar refractivity (Wildman–Crippen MR) is 104 cm³/mol. The van der Waals surface area contributed by atoms with Crippen LogP contribution in [0.4, 0.5) is 5.82 Å². The highest BCUT2D eigenvalue weighted by Crippen LogP contribution is 2.35. The van der Waals surface area contributed by atoms with E-state index in [1.807, 2.05) is 35.1 Å². The van der Waals surface area contributed by atoms with Crippen LogP contribution in [0.15, 0.2) is 48.8 Å². The molecule has 8 heteroatoms.